The molecule has 4 rings (SSSR count). The number of aryl methyl sites for hydroxylation is 1. The third kappa shape index (κ3) is 5.46. The predicted molar refractivity (Wildman–Crippen MR) is 132 cm³/mol. The zero-order valence-corrected chi connectivity index (χ0v) is 19.2. The van der Waals surface area contributed by atoms with Crippen LogP contribution >= 0.6 is 0 Å². The number of nitrogens with one attached hydrogen (secondary N) is 1. The lowest BCUT2D eigenvalue weighted by Gasteiger charge is -2.32. The number of hydrogen-bond donors (Lipinski definition) is 2. The van der Waals surface area contributed by atoms with Gasteiger partial charge in [0.05, 0.1) is 17.9 Å². The Bertz CT molecular complexity index is 1120. The van der Waals surface area contributed by atoms with Gasteiger partial charge in [-0.25, -0.2) is 0 Å². The van der Waals surface area contributed by atoms with Crippen LogP contribution in [0, 0.1) is 0 Å². The number of nitrogens with zero attached hydrogens (tertiary/aromatic N) is 1. The van der Waals surface area contributed by atoms with Crippen molar-refractivity contribution >= 4 is 17.4 Å². The standard InChI is InChI=1S/C28H30N2O4/c31-19-8-9-20-34-26-18-7-5-15-23(26)28(33)29-30-24-16-6-4-11-21(24)14-10-17-25(30)27(32)22-12-2-1-3-13-22/h1-7,11-13,15-16,18,25,31H,8-10,14,17,19-20H2,(H,29,33). The molecule has 1 atom stereocenters. The zero-order chi connectivity index (χ0) is 23.8. The highest BCUT2D eigenvalue weighted by molar-refractivity contribution is 6.04. The van der Waals surface area contributed by atoms with E-state index >= 15 is 0 Å². The fraction of sp³-hybridized carbons (Fsp3) is 0.286. The molecule has 0 radical (unpaired) electrons. The molecule has 3 aromatic carbocycles. The second-order valence-electron chi connectivity index (χ2n) is 8.35. The maximum absolute atomic E-state index is 13.5. The maximum atomic E-state index is 13.5. The summed E-state index contributed by atoms with van der Waals surface area (Å²) in [6.45, 7) is 0.517. The Labute approximate surface area is 200 Å². The first-order valence-corrected chi connectivity index (χ1v) is 11.8. The Morgan fingerprint density at radius 1 is 0.941 bits per heavy atom. The summed E-state index contributed by atoms with van der Waals surface area (Å²) in [5.41, 5.74) is 5.99. The van der Waals surface area contributed by atoms with Crippen molar-refractivity contribution in [3.8, 4) is 5.75 Å². The molecule has 2 N–H and O–H groups in total. The lowest BCUT2D eigenvalue weighted by Crippen LogP contribution is -2.52. The van der Waals surface area contributed by atoms with Gasteiger partial charge in [-0.2, -0.15) is 0 Å². The molecule has 3 aromatic rings. The largest absolute Gasteiger partial charge is 0.493 e. The van der Waals surface area contributed by atoms with Crippen LogP contribution in [0.25, 0.3) is 0 Å². The first-order chi connectivity index (χ1) is 16.7. The number of carbonyl (C=O) groups is 2. The quantitative estimate of drug-likeness (QED) is 0.363. The number of rotatable bonds is 9. The van der Waals surface area contributed by atoms with Crippen LogP contribution in [0.5, 0.6) is 5.75 Å². The van der Waals surface area contributed by atoms with Gasteiger partial charge in [-0.15, -0.1) is 0 Å². The molecule has 1 heterocycles. The molecule has 0 fully saturated rings. The highest BCUT2D eigenvalue weighted by atomic mass is 16.5. The summed E-state index contributed by atoms with van der Waals surface area (Å²) >= 11 is 0. The van der Waals surface area contributed by atoms with Gasteiger partial charge in [0.25, 0.3) is 5.91 Å². The summed E-state index contributed by atoms with van der Waals surface area (Å²) in [7, 11) is 0. The Kier molecular flexibility index (Phi) is 7.94. The summed E-state index contributed by atoms with van der Waals surface area (Å²) in [5.74, 6) is 0.124. The number of Topliss-reactive ketones (excluding diaryl/α,β-unsaturated/α-hetero) is 1. The molecule has 0 saturated carbocycles. The summed E-state index contributed by atoms with van der Waals surface area (Å²) in [5, 5.41) is 10.7. The number of fused-ring (bicyclic) bond motifs is 1. The van der Waals surface area contributed by atoms with Gasteiger partial charge < -0.3 is 9.84 Å². The van der Waals surface area contributed by atoms with E-state index < -0.39 is 6.04 Å². The number of aliphatic hydroxyl groups is 1. The molecule has 0 aliphatic carbocycles. The minimum atomic E-state index is -0.521. The molecular formula is C28H30N2O4. The molecule has 6 nitrogen and oxygen atoms in total. The number of hydrogen-bond acceptors (Lipinski definition) is 5. The van der Waals surface area contributed by atoms with E-state index in [-0.39, 0.29) is 18.3 Å². The Balaban J connectivity index is 1.63. The van der Waals surface area contributed by atoms with E-state index in [9.17, 15) is 9.59 Å². The highest BCUT2D eigenvalue weighted by Crippen LogP contribution is 2.30. The van der Waals surface area contributed by atoms with Gasteiger partial charge in [0.1, 0.15) is 11.8 Å². The molecule has 0 aromatic heterocycles. The monoisotopic (exact) mass is 458 g/mol. The Morgan fingerprint density at radius 2 is 1.68 bits per heavy atom. The van der Waals surface area contributed by atoms with E-state index in [1.807, 2.05) is 60.7 Å². The van der Waals surface area contributed by atoms with Crippen LogP contribution < -0.4 is 15.2 Å². The van der Waals surface area contributed by atoms with Crippen LogP contribution in [0.3, 0.4) is 0 Å². The number of carbonyl (C=O) groups excluding carboxylic acids is 2. The number of aliphatic hydroxyl groups excluding tert-OH is 1. The molecular weight excluding hydrogens is 428 g/mol. The van der Waals surface area contributed by atoms with E-state index in [4.69, 9.17) is 9.84 Å². The summed E-state index contributed by atoms with van der Waals surface area (Å²) in [6.07, 6.45) is 3.65. The topological polar surface area (TPSA) is 78.9 Å². The van der Waals surface area contributed by atoms with E-state index in [1.54, 1.807) is 23.2 Å². The smallest absolute Gasteiger partial charge is 0.273 e. The van der Waals surface area contributed by atoms with Crippen molar-refractivity contribution < 1.29 is 19.4 Å². The summed E-state index contributed by atoms with van der Waals surface area (Å²) in [6, 6.07) is 23.7. The molecule has 34 heavy (non-hydrogen) atoms. The van der Waals surface area contributed by atoms with Crippen LogP contribution in [-0.2, 0) is 6.42 Å². The molecule has 0 bridgehead atoms. The van der Waals surface area contributed by atoms with E-state index in [2.05, 4.69) is 5.43 Å². The third-order valence-corrected chi connectivity index (χ3v) is 6.01. The number of anilines is 1. The lowest BCUT2D eigenvalue weighted by atomic mass is 9.99. The van der Waals surface area contributed by atoms with E-state index in [0.29, 0.717) is 42.7 Å². The number of para-hydroxylation sites is 2. The molecule has 176 valence electrons. The highest BCUT2D eigenvalue weighted by Gasteiger charge is 2.32. The minimum Gasteiger partial charge on any atom is -0.493 e. The second kappa shape index (κ2) is 11.5. The average molecular weight is 459 g/mol. The summed E-state index contributed by atoms with van der Waals surface area (Å²) < 4.78 is 5.83. The molecule has 0 spiro atoms. The molecule has 1 aliphatic rings. The van der Waals surface area contributed by atoms with Crippen molar-refractivity contribution in [2.45, 2.75) is 38.1 Å². The normalized spacial score (nSPS) is 15.2. The van der Waals surface area contributed by atoms with Gasteiger partial charge in [-0.3, -0.25) is 20.0 Å². The van der Waals surface area contributed by atoms with Crippen molar-refractivity contribution in [2.24, 2.45) is 0 Å². The van der Waals surface area contributed by atoms with Crippen LogP contribution in [0.4, 0.5) is 5.69 Å². The van der Waals surface area contributed by atoms with E-state index in [1.165, 1.54) is 0 Å². The fourth-order valence-electron chi connectivity index (χ4n) is 4.27. The van der Waals surface area contributed by atoms with Gasteiger partial charge >= 0.3 is 0 Å². The third-order valence-electron chi connectivity index (χ3n) is 6.01. The SMILES string of the molecule is O=C(NN1c2ccccc2CCCC1C(=O)c1ccccc1)c1ccccc1OCCCCO. The number of hydrazine groups is 1. The van der Waals surface area contributed by atoms with Crippen LogP contribution in [0.1, 0.15) is 52.0 Å². The van der Waals surface area contributed by atoms with Crippen molar-refractivity contribution in [1.82, 2.24) is 5.43 Å². The predicted octanol–water partition coefficient (Wildman–Crippen LogP) is 4.58. The van der Waals surface area contributed by atoms with Gasteiger partial charge in [-0.1, -0.05) is 60.7 Å². The van der Waals surface area contributed by atoms with Crippen LogP contribution in [-0.4, -0.2) is 36.1 Å². The fourth-order valence-corrected chi connectivity index (χ4v) is 4.27. The maximum Gasteiger partial charge on any atom is 0.273 e. The van der Waals surface area contributed by atoms with Gasteiger partial charge in [0.15, 0.2) is 5.78 Å². The number of amides is 1. The van der Waals surface area contributed by atoms with Crippen LogP contribution in [0.15, 0.2) is 78.9 Å². The molecule has 1 amide bonds. The van der Waals surface area contributed by atoms with Gasteiger partial charge in [0, 0.05) is 12.2 Å². The number of ketones is 1. The zero-order valence-electron chi connectivity index (χ0n) is 19.2. The number of unbranched alkanes of at least 4 members (excludes halogenated alkanes) is 1. The van der Waals surface area contributed by atoms with Crippen LogP contribution in [0.2, 0.25) is 0 Å². The Hall–Kier alpha value is -3.64. The van der Waals surface area contributed by atoms with Crippen molar-refractivity contribution in [2.75, 3.05) is 18.2 Å². The molecule has 1 aliphatic heterocycles. The summed E-state index contributed by atoms with van der Waals surface area (Å²) in [4.78, 5) is 27.0. The van der Waals surface area contributed by atoms with E-state index in [0.717, 1.165) is 24.1 Å². The Morgan fingerprint density at radius 3 is 2.50 bits per heavy atom. The molecule has 6 heteroatoms. The van der Waals surface area contributed by atoms with Crippen molar-refractivity contribution in [3.63, 3.8) is 0 Å². The first-order valence-electron chi connectivity index (χ1n) is 11.8. The number of benzene rings is 3. The average Bonchev–Trinajstić information content (AvgIpc) is 3.06. The van der Waals surface area contributed by atoms with Crippen molar-refractivity contribution in [1.29, 1.82) is 0 Å². The first kappa shape index (κ1) is 23.5. The lowest BCUT2D eigenvalue weighted by molar-refractivity contribution is 0.0909. The number of ether oxygens (including phenoxy) is 1. The van der Waals surface area contributed by atoms with Gasteiger partial charge in [0.2, 0.25) is 0 Å². The van der Waals surface area contributed by atoms with Crippen molar-refractivity contribution in [3.05, 3.63) is 95.6 Å². The second-order valence-corrected chi connectivity index (χ2v) is 8.35. The minimum absolute atomic E-state index is 0.0221. The molecule has 0 saturated heterocycles. The molecule has 1 unspecified atom stereocenters. The van der Waals surface area contributed by atoms with Gasteiger partial charge in [-0.05, 0) is 55.9 Å².